The van der Waals surface area contributed by atoms with Crippen LogP contribution in [0.1, 0.15) is 11.1 Å². The maximum absolute atomic E-state index is 12.2. The number of aliphatic imine (C=N–C) groups is 1. The molecule has 0 radical (unpaired) electrons. The molecule has 1 fully saturated rings. The van der Waals surface area contributed by atoms with Gasteiger partial charge in [0.1, 0.15) is 5.75 Å². The predicted molar refractivity (Wildman–Crippen MR) is 111 cm³/mol. The summed E-state index contributed by atoms with van der Waals surface area (Å²) in [6, 6.07) is 13.9. The molecule has 2 aromatic carbocycles. The average Bonchev–Trinajstić information content (AvgIpc) is 2.72. The molecule has 2 aromatic rings. The third-order valence-corrected chi connectivity index (χ3v) is 5.32. The van der Waals surface area contributed by atoms with E-state index in [0.29, 0.717) is 6.54 Å². The van der Waals surface area contributed by atoms with Gasteiger partial charge in [0.2, 0.25) is 0 Å². The molecule has 1 saturated heterocycles. The van der Waals surface area contributed by atoms with Gasteiger partial charge in [-0.1, -0.05) is 24.3 Å². The molecule has 0 amide bonds. The Morgan fingerprint density at radius 2 is 1.66 bits per heavy atom. The standard InChI is InChI=1S/C20H23F3N4OS/c21-20(22,23)28-18-7-3-16(4-8-18)14-26-19(24)25-13-15-1-5-17(6-2-15)27-9-11-29-12-10-27/h1-8H,9-14H2,(H3,24,25,26). The summed E-state index contributed by atoms with van der Waals surface area (Å²) in [5, 5.41) is 3.05. The summed E-state index contributed by atoms with van der Waals surface area (Å²) in [5.74, 6) is 2.34. The number of hydrogen-bond donors (Lipinski definition) is 2. The van der Waals surface area contributed by atoms with Crippen LogP contribution in [0.2, 0.25) is 0 Å². The second kappa shape index (κ2) is 9.78. The van der Waals surface area contributed by atoms with Crippen molar-refractivity contribution in [3.63, 3.8) is 0 Å². The minimum atomic E-state index is -4.70. The number of nitrogens with two attached hydrogens (primary N) is 1. The van der Waals surface area contributed by atoms with Crippen LogP contribution in [0.3, 0.4) is 0 Å². The Labute approximate surface area is 172 Å². The molecule has 1 aliphatic rings. The van der Waals surface area contributed by atoms with Crippen LogP contribution in [0.5, 0.6) is 5.75 Å². The van der Waals surface area contributed by atoms with E-state index in [9.17, 15) is 13.2 Å². The average molecular weight is 424 g/mol. The number of guanidine groups is 1. The molecule has 3 rings (SSSR count). The second-order valence-electron chi connectivity index (χ2n) is 6.51. The number of thioether (sulfide) groups is 1. The van der Waals surface area contributed by atoms with Gasteiger partial charge in [-0.25, -0.2) is 4.99 Å². The number of alkyl halides is 3. The van der Waals surface area contributed by atoms with Gasteiger partial charge in [0, 0.05) is 36.8 Å². The Bertz CT molecular complexity index is 804. The van der Waals surface area contributed by atoms with Gasteiger partial charge in [0.15, 0.2) is 5.96 Å². The summed E-state index contributed by atoms with van der Waals surface area (Å²) in [4.78, 5) is 6.60. The molecule has 1 aliphatic heterocycles. The Kier molecular flexibility index (Phi) is 7.13. The van der Waals surface area contributed by atoms with Crippen molar-refractivity contribution in [2.75, 3.05) is 29.5 Å². The van der Waals surface area contributed by atoms with Gasteiger partial charge < -0.3 is 20.7 Å². The third-order valence-electron chi connectivity index (χ3n) is 4.38. The molecule has 1 heterocycles. The van der Waals surface area contributed by atoms with E-state index < -0.39 is 6.36 Å². The van der Waals surface area contributed by atoms with Crippen LogP contribution >= 0.6 is 11.8 Å². The van der Waals surface area contributed by atoms with Gasteiger partial charge in [-0.15, -0.1) is 13.2 Å². The van der Waals surface area contributed by atoms with Gasteiger partial charge >= 0.3 is 6.36 Å². The van der Waals surface area contributed by atoms with Crippen LogP contribution in [-0.4, -0.2) is 36.9 Å². The van der Waals surface area contributed by atoms with Gasteiger partial charge in [0.25, 0.3) is 0 Å². The fraction of sp³-hybridized carbons (Fsp3) is 0.350. The quantitative estimate of drug-likeness (QED) is 0.546. The first-order valence-electron chi connectivity index (χ1n) is 9.19. The molecule has 29 heavy (non-hydrogen) atoms. The molecule has 0 saturated carbocycles. The van der Waals surface area contributed by atoms with Crippen LogP contribution in [0.15, 0.2) is 53.5 Å². The van der Waals surface area contributed by atoms with Gasteiger partial charge in [0.05, 0.1) is 6.54 Å². The van der Waals surface area contributed by atoms with Gasteiger partial charge in [-0.2, -0.15) is 11.8 Å². The van der Waals surface area contributed by atoms with Crippen molar-refractivity contribution in [1.29, 1.82) is 0 Å². The molecular formula is C20H23F3N4OS. The maximum Gasteiger partial charge on any atom is 0.573 e. The van der Waals surface area contributed by atoms with Crippen molar-refractivity contribution in [3.05, 3.63) is 59.7 Å². The third kappa shape index (κ3) is 7.08. The fourth-order valence-electron chi connectivity index (χ4n) is 2.87. The zero-order chi connectivity index (χ0) is 20.7. The zero-order valence-corrected chi connectivity index (χ0v) is 16.6. The van der Waals surface area contributed by atoms with E-state index in [4.69, 9.17) is 5.73 Å². The van der Waals surface area contributed by atoms with E-state index in [2.05, 4.69) is 44.2 Å². The van der Waals surface area contributed by atoms with Crippen LogP contribution in [0, 0.1) is 0 Å². The minimum absolute atomic E-state index is 0.261. The number of benzene rings is 2. The summed E-state index contributed by atoms with van der Waals surface area (Å²) in [7, 11) is 0. The molecule has 0 spiro atoms. The minimum Gasteiger partial charge on any atom is -0.406 e. The first-order valence-corrected chi connectivity index (χ1v) is 10.3. The molecule has 156 valence electrons. The molecule has 0 aromatic heterocycles. The highest BCUT2D eigenvalue weighted by molar-refractivity contribution is 7.99. The highest BCUT2D eigenvalue weighted by atomic mass is 32.2. The van der Waals surface area contributed by atoms with E-state index in [-0.39, 0.29) is 18.3 Å². The largest absolute Gasteiger partial charge is 0.573 e. The highest BCUT2D eigenvalue weighted by Crippen LogP contribution is 2.23. The van der Waals surface area contributed by atoms with Gasteiger partial charge in [-0.3, -0.25) is 0 Å². The molecular weight excluding hydrogens is 401 g/mol. The smallest absolute Gasteiger partial charge is 0.406 e. The fourth-order valence-corrected chi connectivity index (χ4v) is 3.77. The van der Waals surface area contributed by atoms with Crippen molar-refractivity contribution in [3.8, 4) is 5.75 Å². The number of hydrogen-bond acceptors (Lipinski definition) is 4. The first-order chi connectivity index (χ1) is 13.9. The predicted octanol–water partition coefficient (Wildman–Crippen LogP) is 3.74. The van der Waals surface area contributed by atoms with E-state index in [0.717, 1.165) is 35.7 Å². The van der Waals surface area contributed by atoms with Crippen LogP contribution in [0.4, 0.5) is 18.9 Å². The van der Waals surface area contributed by atoms with E-state index in [1.54, 1.807) is 0 Å². The van der Waals surface area contributed by atoms with E-state index >= 15 is 0 Å². The lowest BCUT2D eigenvalue weighted by Gasteiger charge is -2.28. The lowest BCUT2D eigenvalue weighted by molar-refractivity contribution is -0.274. The van der Waals surface area contributed by atoms with Crippen molar-refractivity contribution in [1.82, 2.24) is 5.32 Å². The van der Waals surface area contributed by atoms with Crippen molar-refractivity contribution in [2.45, 2.75) is 19.5 Å². The SMILES string of the molecule is NC(=NCc1ccc(OC(F)(F)F)cc1)NCc1ccc(N2CCSCC2)cc1. The van der Waals surface area contributed by atoms with Crippen LogP contribution in [0.25, 0.3) is 0 Å². The van der Waals surface area contributed by atoms with E-state index in [1.807, 2.05) is 11.8 Å². The Morgan fingerprint density at radius 3 is 2.28 bits per heavy atom. The Balaban J connectivity index is 1.46. The number of halogens is 3. The topological polar surface area (TPSA) is 62.9 Å². The number of nitrogens with zero attached hydrogens (tertiary/aromatic N) is 2. The molecule has 0 bridgehead atoms. The van der Waals surface area contributed by atoms with E-state index in [1.165, 1.54) is 30.0 Å². The number of anilines is 1. The molecule has 0 unspecified atom stereocenters. The van der Waals surface area contributed by atoms with Crippen LogP contribution < -0.4 is 20.7 Å². The lowest BCUT2D eigenvalue weighted by atomic mass is 10.2. The first kappa shape index (κ1) is 21.2. The monoisotopic (exact) mass is 424 g/mol. The Hall–Kier alpha value is -2.55. The number of nitrogens with one attached hydrogen (secondary N) is 1. The summed E-state index contributed by atoms with van der Waals surface area (Å²) >= 11 is 1.98. The summed E-state index contributed by atoms with van der Waals surface area (Å²) in [6.07, 6.45) is -4.70. The number of ether oxygens (including phenoxy) is 1. The lowest BCUT2D eigenvalue weighted by Crippen LogP contribution is -2.32. The zero-order valence-electron chi connectivity index (χ0n) is 15.8. The normalized spacial score (nSPS) is 15.3. The van der Waals surface area contributed by atoms with Crippen molar-refractivity contribution < 1.29 is 17.9 Å². The maximum atomic E-state index is 12.2. The Morgan fingerprint density at radius 1 is 1.03 bits per heavy atom. The molecule has 5 nitrogen and oxygen atoms in total. The molecule has 0 atom stereocenters. The second-order valence-corrected chi connectivity index (χ2v) is 7.74. The molecule has 3 N–H and O–H groups in total. The summed E-state index contributed by atoms with van der Waals surface area (Å²) in [5.41, 5.74) is 8.93. The summed E-state index contributed by atoms with van der Waals surface area (Å²) < 4.78 is 40.3. The van der Waals surface area contributed by atoms with Crippen molar-refractivity contribution in [2.24, 2.45) is 10.7 Å². The highest BCUT2D eigenvalue weighted by Gasteiger charge is 2.30. The molecule has 0 aliphatic carbocycles. The molecule has 9 heteroatoms. The summed E-state index contributed by atoms with van der Waals surface area (Å²) in [6.45, 7) is 2.96. The van der Waals surface area contributed by atoms with Gasteiger partial charge in [-0.05, 0) is 35.4 Å². The number of rotatable bonds is 6. The van der Waals surface area contributed by atoms with Crippen molar-refractivity contribution >= 4 is 23.4 Å². The van der Waals surface area contributed by atoms with Crippen LogP contribution in [-0.2, 0) is 13.1 Å².